The van der Waals surface area contributed by atoms with Crippen LogP contribution < -0.4 is 10.6 Å². The van der Waals surface area contributed by atoms with Crippen LogP contribution >= 0.6 is 0 Å². The number of nitro benzene ring substituents is 1. The highest BCUT2D eigenvalue weighted by molar-refractivity contribution is 5.72. The third kappa shape index (κ3) is 4.46. The first kappa shape index (κ1) is 14.0. The highest BCUT2D eigenvalue weighted by Crippen LogP contribution is 2.17. The van der Waals surface area contributed by atoms with E-state index >= 15 is 0 Å². The Labute approximate surface area is 103 Å². The van der Waals surface area contributed by atoms with Crippen molar-refractivity contribution in [3.63, 3.8) is 0 Å². The lowest BCUT2D eigenvalue weighted by Crippen LogP contribution is -2.29. The molecule has 0 unspecified atom stereocenters. The van der Waals surface area contributed by atoms with E-state index in [2.05, 4.69) is 10.6 Å². The predicted octanol–water partition coefficient (Wildman–Crippen LogP) is 0.960. The van der Waals surface area contributed by atoms with Gasteiger partial charge in [0.25, 0.3) is 0 Å². The van der Waals surface area contributed by atoms with E-state index < -0.39 is 16.4 Å². The SMILES string of the molecule is CC(=O)NCCNCc1ccc([N+](=O)[O-])c(F)c1. The summed E-state index contributed by atoms with van der Waals surface area (Å²) in [4.78, 5) is 20.2. The van der Waals surface area contributed by atoms with Crippen LogP contribution in [0.25, 0.3) is 0 Å². The number of rotatable bonds is 6. The fourth-order valence-electron chi connectivity index (χ4n) is 1.37. The van der Waals surface area contributed by atoms with Gasteiger partial charge in [-0.1, -0.05) is 6.07 Å². The lowest BCUT2D eigenvalue weighted by atomic mass is 10.2. The van der Waals surface area contributed by atoms with Crippen LogP contribution in [0.3, 0.4) is 0 Å². The molecule has 1 amide bonds. The number of benzene rings is 1. The molecule has 1 aromatic rings. The predicted molar refractivity (Wildman–Crippen MR) is 63.4 cm³/mol. The average Bonchev–Trinajstić information content (AvgIpc) is 2.27. The second-order valence-electron chi connectivity index (χ2n) is 3.70. The van der Waals surface area contributed by atoms with Crippen molar-refractivity contribution < 1.29 is 14.1 Å². The molecule has 0 aliphatic carbocycles. The normalized spacial score (nSPS) is 10.1. The zero-order valence-electron chi connectivity index (χ0n) is 9.90. The number of hydrogen-bond acceptors (Lipinski definition) is 4. The van der Waals surface area contributed by atoms with E-state index in [1.54, 1.807) is 0 Å². The lowest BCUT2D eigenvalue weighted by Gasteiger charge is -2.05. The molecular weight excluding hydrogens is 241 g/mol. The van der Waals surface area contributed by atoms with Crippen molar-refractivity contribution in [3.05, 3.63) is 39.7 Å². The van der Waals surface area contributed by atoms with Gasteiger partial charge in [0.2, 0.25) is 11.7 Å². The highest BCUT2D eigenvalue weighted by Gasteiger charge is 2.13. The molecule has 0 aromatic heterocycles. The van der Waals surface area contributed by atoms with Crippen LogP contribution in [-0.4, -0.2) is 23.9 Å². The molecule has 7 heteroatoms. The maximum Gasteiger partial charge on any atom is 0.304 e. The van der Waals surface area contributed by atoms with E-state index in [0.29, 0.717) is 25.2 Å². The van der Waals surface area contributed by atoms with E-state index in [9.17, 15) is 19.3 Å². The first-order chi connectivity index (χ1) is 8.50. The fourth-order valence-corrected chi connectivity index (χ4v) is 1.37. The van der Waals surface area contributed by atoms with Crippen molar-refractivity contribution in [2.45, 2.75) is 13.5 Å². The molecule has 0 aliphatic rings. The van der Waals surface area contributed by atoms with Gasteiger partial charge in [0, 0.05) is 32.6 Å². The van der Waals surface area contributed by atoms with Crippen LogP contribution in [0.5, 0.6) is 0 Å². The second-order valence-corrected chi connectivity index (χ2v) is 3.70. The van der Waals surface area contributed by atoms with Crippen LogP contribution in [0.15, 0.2) is 18.2 Å². The maximum atomic E-state index is 13.3. The van der Waals surface area contributed by atoms with E-state index in [0.717, 1.165) is 12.1 Å². The number of nitro groups is 1. The van der Waals surface area contributed by atoms with Crippen molar-refractivity contribution >= 4 is 11.6 Å². The van der Waals surface area contributed by atoms with Crippen molar-refractivity contribution in [2.75, 3.05) is 13.1 Å². The Balaban J connectivity index is 2.42. The van der Waals surface area contributed by atoms with Gasteiger partial charge in [-0.15, -0.1) is 0 Å². The Hall–Kier alpha value is -2.02. The summed E-state index contributed by atoms with van der Waals surface area (Å²) in [5, 5.41) is 16.0. The summed E-state index contributed by atoms with van der Waals surface area (Å²) in [6, 6.07) is 3.76. The average molecular weight is 255 g/mol. The van der Waals surface area contributed by atoms with Crippen LogP contribution in [0.4, 0.5) is 10.1 Å². The Morgan fingerprint density at radius 1 is 1.44 bits per heavy atom. The Bertz CT molecular complexity index is 451. The molecule has 0 fully saturated rings. The van der Waals surface area contributed by atoms with Gasteiger partial charge in [-0.05, 0) is 11.6 Å². The van der Waals surface area contributed by atoms with Crippen molar-refractivity contribution in [1.82, 2.24) is 10.6 Å². The van der Waals surface area contributed by atoms with Crippen molar-refractivity contribution in [2.24, 2.45) is 0 Å². The monoisotopic (exact) mass is 255 g/mol. The van der Waals surface area contributed by atoms with Gasteiger partial charge in [0.15, 0.2) is 0 Å². The molecule has 6 nitrogen and oxygen atoms in total. The minimum Gasteiger partial charge on any atom is -0.355 e. The first-order valence-corrected chi connectivity index (χ1v) is 5.38. The summed E-state index contributed by atoms with van der Waals surface area (Å²) in [5.41, 5.74) is 0.0814. The summed E-state index contributed by atoms with van der Waals surface area (Å²) >= 11 is 0. The standard InChI is InChI=1S/C11H14FN3O3/c1-8(16)14-5-4-13-7-9-2-3-11(15(17)18)10(12)6-9/h2-3,6,13H,4-5,7H2,1H3,(H,14,16). The summed E-state index contributed by atoms with van der Waals surface area (Å²) in [6.45, 7) is 2.82. The fraction of sp³-hybridized carbons (Fsp3) is 0.364. The summed E-state index contributed by atoms with van der Waals surface area (Å²) in [7, 11) is 0. The molecule has 1 aromatic carbocycles. The molecule has 0 bridgehead atoms. The van der Waals surface area contributed by atoms with E-state index in [-0.39, 0.29) is 5.91 Å². The molecule has 0 heterocycles. The third-order valence-electron chi connectivity index (χ3n) is 2.21. The van der Waals surface area contributed by atoms with Crippen molar-refractivity contribution in [1.29, 1.82) is 0 Å². The molecule has 18 heavy (non-hydrogen) atoms. The van der Waals surface area contributed by atoms with Gasteiger partial charge in [0.05, 0.1) is 4.92 Å². The highest BCUT2D eigenvalue weighted by atomic mass is 19.1. The number of nitrogens with one attached hydrogen (secondary N) is 2. The molecule has 0 saturated carbocycles. The van der Waals surface area contributed by atoms with Gasteiger partial charge in [-0.3, -0.25) is 14.9 Å². The number of carbonyl (C=O) groups is 1. The molecule has 0 spiro atoms. The van der Waals surface area contributed by atoms with Gasteiger partial charge < -0.3 is 10.6 Å². The minimum atomic E-state index is -0.846. The van der Waals surface area contributed by atoms with Gasteiger partial charge in [-0.25, -0.2) is 0 Å². The number of hydrogen-bond donors (Lipinski definition) is 2. The topological polar surface area (TPSA) is 84.3 Å². The molecule has 2 N–H and O–H groups in total. The van der Waals surface area contributed by atoms with Gasteiger partial charge in [-0.2, -0.15) is 4.39 Å². The maximum absolute atomic E-state index is 13.3. The molecule has 0 radical (unpaired) electrons. The number of nitrogens with zero attached hydrogens (tertiary/aromatic N) is 1. The molecule has 1 rings (SSSR count). The van der Waals surface area contributed by atoms with E-state index in [4.69, 9.17) is 0 Å². The Morgan fingerprint density at radius 3 is 2.72 bits per heavy atom. The quantitative estimate of drug-likeness (QED) is 0.450. The van der Waals surface area contributed by atoms with Crippen LogP contribution in [0, 0.1) is 15.9 Å². The number of carbonyl (C=O) groups excluding carboxylic acids is 1. The molecule has 98 valence electrons. The second kappa shape index (κ2) is 6.65. The van der Waals surface area contributed by atoms with Crippen LogP contribution in [-0.2, 0) is 11.3 Å². The first-order valence-electron chi connectivity index (χ1n) is 5.38. The minimum absolute atomic E-state index is 0.113. The molecule has 0 atom stereocenters. The lowest BCUT2D eigenvalue weighted by molar-refractivity contribution is -0.387. The van der Waals surface area contributed by atoms with Crippen LogP contribution in [0.1, 0.15) is 12.5 Å². The molecule has 0 saturated heterocycles. The molecule has 0 aliphatic heterocycles. The van der Waals surface area contributed by atoms with E-state index in [1.807, 2.05) is 0 Å². The molecular formula is C11H14FN3O3. The largest absolute Gasteiger partial charge is 0.355 e. The summed E-state index contributed by atoms with van der Waals surface area (Å²) in [6.07, 6.45) is 0. The summed E-state index contributed by atoms with van der Waals surface area (Å²) < 4.78 is 13.3. The Morgan fingerprint density at radius 2 is 2.17 bits per heavy atom. The van der Waals surface area contributed by atoms with Crippen molar-refractivity contribution in [3.8, 4) is 0 Å². The van der Waals surface area contributed by atoms with E-state index in [1.165, 1.54) is 13.0 Å². The smallest absolute Gasteiger partial charge is 0.304 e. The number of halogens is 1. The zero-order valence-corrected chi connectivity index (χ0v) is 9.90. The van der Waals surface area contributed by atoms with Gasteiger partial charge in [0.1, 0.15) is 0 Å². The summed E-state index contributed by atoms with van der Waals surface area (Å²) in [5.74, 6) is -0.959. The van der Waals surface area contributed by atoms with Gasteiger partial charge >= 0.3 is 5.69 Å². The third-order valence-corrected chi connectivity index (χ3v) is 2.21. The zero-order chi connectivity index (χ0) is 13.5. The Kier molecular flexibility index (Phi) is 5.19. The number of amides is 1. The van der Waals surface area contributed by atoms with Crippen LogP contribution in [0.2, 0.25) is 0 Å².